The molecule has 1 fully saturated rings. The summed E-state index contributed by atoms with van der Waals surface area (Å²) in [6, 6.07) is 1.72. The maximum absolute atomic E-state index is 9.50. The van der Waals surface area contributed by atoms with Crippen molar-refractivity contribution >= 4 is 17.4 Å². The van der Waals surface area contributed by atoms with E-state index in [0.717, 1.165) is 25.2 Å². The van der Waals surface area contributed by atoms with Gasteiger partial charge in [-0.15, -0.1) is 0 Å². The van der Waals surface area contributed by atoms with Crippen LogP contribution in [0, 0.1) is 12.3 Å². The molecule has 0 amide bonds. The third-order valence-corrected chi connectivity index (χ3v) is 3.64. The average molecular weight is 256 g/mol. The number of anilines is 1. The monoisotopic (exact) mass is 255 g/mol. The van der Waals surface area contributed by atoms with Crippen LogP contribution in [0.5, 0.6) is 0 Å². The Morgan fingerprint density at radius 2 is 2.12 bits per heavy atom. The first-order valence-corrected chi connectivity index (χ1v) is 6.37. The molecule has 0 radical (unpaired) electrons. The Morgan fingerprint density at radius 3 is 2.71 bits per heavy atom. The number of nitrogens with zero attached hydrogens (tertiary/aromatic N) is 2. The predicted molar refractivity (Wildman–Crippen MR) is 68.3 cm³/mol. The first kappa shape index (κ1) is 12.6. The molecule has 5 heteroatoms. The Morgan fingerprint density at radius 1 is 1.41 bits per heavy atom. The second-order valence-electron chi connectivity index (χ2n) is 4.84. The van der Waals surface area contributed by atoms with Crippen molar-refractivity contribution in [1.82, 2.24) is 9.97 Å². The van der Waals surface area contributed by atoms with E-state index in [0.29, 0.717) is 11.0 Å². The fourth-order valence-electron chi connectivity index (χ4n) is 2.42. The molecule has 0 atom stereocenters. The lowest BCUT2D eigenvalue weighted by Gasteiger charge is -2.26. The summed E-state index contributed by atoms with van der Waals surface area (Å²) in [5.41, 5.74) is 0.0192. The van der Waals surface area contributed by atoms with Crippen LogP contribution in [-0.2, 0) is 0 Å². The number of rotatable bonds is 4. The summed E-state index contributed by atoms with van der Waals surface area (Å²) in [4.78, 5) is 8.29. The van der Waals surface area contributed by atoms with E-state index >= 15 is 0 Å². The molecule has 0 bridgehead atoms. The molecule has 0 unspecified atom stereocenters. The first-order chi connectivity index (χ1) is 8.13. The highest BCUT2D eigenvalue weighted by molar-refractivity contribution is 6.29. The van der Waals surface area contributed by atoms with Crippen LogP contribution in [0.4, 0.5) is 5.82 Å². The van der Waals surface area contributed by atoms with Gasteiger partial charge in [-0.1, -0.05) is 24.4 Å². The van der Waals surface area contributed by atoms with Crippen molar-refractivity contribution in [3.05, 3.63) is 17.0 Å². The molecular weight excluding hydrogens is 238 g/mol. The quantitative estimate of drug-likeness (QED) is 0.812. The van der Waals surface area contributed by atoms with Crippen molar-refractivity contribution in [1.29, 1.82) is 0 Å². The van der Waals surface area contributed by atoms with Crippen LogP contribution in [0.1, 0.15) is 31.5 Å². The second kappa shape index (κ2) is 5.19. The maximum Gasteiger partial charge on any atom is 0.134 e. The van der Waals surface area contributed by atoms with Gasteiger partial charge in [0.2, 0.25) is 0 Å². The van der Waals surface area contributed by atoms with Crippen LogP contribution in [0.25, 0.3) is 0 Å². The summed E-state index contributed by atoms with van der Waals surface area (Å²) in [7, 11) is 0. The largest absolute Gasteiger partial charge is 0.396 e. The number of hydrogen-bond donors (Lipinski definition) is 2. The van der Waals surface area contributed by atoms with E-state index in [1.54, 1.807) is 6.07 Å². The summed E-state index contributed by atoms with van der Waals surface area (Å²) in [6.07, 6.45) is 4.56. The topological polar surface area (TPSA) is 58.0 Å². The minimum absolute atomic E-state index is 0.0192. The number of nitrogens with one attached hydrogen (secondary N) is 1. The summed E-state index contributed by atoms with van der Waals surface area (Å²) < 4.78 is 0. The summed E-state index contributed by atoms with van der Waals surface area (Å²) in [6.45, 7) is 2.79. The normalized spacial score (nSPS) is 18.3. The fourth-order valence-corrected chi connectivity index (χ4v) is 2.64. The molecule has 1 heterocycles. The zero-order valence-corrected chi connectivity index (χ0v) is 10.8. The predicted octanol–water partition coefficient (Wildman–Crippen LogP) is 2.40. The third kappa shape index (κ3) is 3.07. The zero-order chi connectivity index (χ0) is 12.3. The van der Waals surface area contributed by atoms with E-state index in [1.807, 2.05) is 6.92 Å². The molecule has 0 aliphatic heterocycles. The lowest BCUT2D eigenvalue weighted by atomic mass is 9.87. The molecule has 1 aliphatic carbocycles. The van der Waals surface area contributed by atoms with Crippen molar-refractivity contribution in [2.24, 2.45) is 5.41 Å². The molecule has 1 aliphatic rings. The van der Waals surface area contributed by atoms with Crippen molar-refractivity contribution in [3.63, 3.8) is 0 Å². The fraction of sp³-hybridized carbons (Fsp3) is 0.667. The molecule has 0 spiro atoms. The van der Waals surface area contributed by atoms with Crippen molar-refractivity contribution in [3.8, 4) is 0 Å². The highest BCUT2D eigenvalue weighted by atomic mass is 35.5. The standard InChI is InChI=1S/C12H18ClN3O/c1-9-15-10(13)6-11(16-9)14-7-12(8-17)4-2-3-5-12/h6,17H,2-5,7-8H2,1H3,(H,14,15,16). The van der Waals surface area contributed by atoms with Gasteiger partial charge in [-0.05, 0) is 19.8 Å². The molecule has 0 saturated heterocycles. The molecule has 0 aromatic carbocycles. The van der Waals surface area contributed by atoms with Crippen LogP contribution in [0.3, 0.4) is 0 Å². The van der Waals surface area contributed by atoms with Crippen LogP contribution in [0.2, 0.25) is 5.15 Å². The Labute approximate surface area is 106 Å². The number of halogens is 1. The van der Waals surface area contributed by atoms with Crippen LogP contribution in [0.15, 0.2) is 6.07 Å². The first-order valence-electron chi connectivity index (χ1n) is 5.99. The van der Waals surface area contributed by atoms with Crippen molar-refractivity contribution in [2.45, 2.75) is 32.6 Å². The van der Waals surface area contributed by atoms with Gasteiger partial charge in [0.1, 0.15) is 16.8 Å². The van der Waals surface area contributed by atoms with Crippen LogP contribution >= 0.6 is 11.6 Å². The highest BCUT2D eigenvalue weighted by Gasteiger charge is 2.32. The average Bonchev–Trinajstić information content (AvgIpc) is 2.74. The van der Waals surface area contributed by atoms with Gasteiger partial charge in [-0.25, -0.2) is 9.97 Å². The van der Waals surface area contributed by atoms with Crippen LogP contribution < -0.4 is 5.32 Å². The Kier molecular flexibility index (Phi) is 3.84. The number of aromatic nitrogens is 2. The van der Waals surface area contributed by atoms with Gasteiger partial charge in [-0.3, -0.25) is 0 Å². The summed E-state index contributed by atoms with van der Waals surface area (Å²) in [5, 5.41) is 13.2. The Balaban J connectivity index is 2.01. The Bertz CT molecular complexity index is 371. The molecule has 1 saturated carbocycles. The highest BCUT2D eigenvalue weighted by Crippen LogP contribution is 2.37. The van der Waals surface area contributed by atoms with Gasteiger partial charge in [0.05, 0.1) is 6.61 Å². The number of hydrogen-bond acceptors (Lipinski definition) is 4. The van der Waals surface area contributed by atoms with Crippen LogP contribution in [-0.4, -0.2) is 28.2 Å². The number of aliphatic hydroxyl groups excluding tert-OH is 1. The lowest BCUT2D eigenvalue weighted by molar-refractivity contribution is 0.142. The summed E-state index contributed by atoms with van der Waals surface area (Å²) >= 11 is 5.87. The Hall–Kier alpha value is -0.870. The minimum Gasteiger partial charge on any atom is -0.396 e. The van der Waals surface area contributed by atoms with E-state index in [-0.39, 0.29) is 12.0 Å². The maximum atomic E-state index is 9.50. The molecule has 2 N–H and O–H groups in total. The minimum atomic E-state index is 0.0192. The van der Waals surface area contributed by atoms with Crippen molar-refractivity contribution in [2.75, 3.05) is 18.5 Å². The molecule has 17 heavy (non-hydrogen) atoms. The van der Waals surface area contributed by atoms with Gasteiger partial charge in [-0.2, -0.15) is 0 Å². The number of aliphatic hydroxyl groups is 1. The van der Waals surface area contributed by atoms with Gasteiger partial charge in [0, 0.05) is 18.0 Å². The van der Waals surface area contributed by atoms with E-state index in [9.17, 15) is 5.11 Å². The van der Waals surface area contributed by atoms with E-state index < -0.39 is 0 Å². The van der Waals surface area contributed by atoms with E-state index in [1.165, 1.54) is 12.8 Å². The zero-order valence-electron chi connectivity index (χ0n) is 10.0. The van der Waals surface area contributed by atoms with Gasteiger partial charge >= 0.3 is 0 Å². The molecule has 94 valence electrons. The number of aryl methyl sites for hydroxylation is 1. The van der Waals surface area contributed by atoms with E-state index in [4.69, 9.17) is 11.6 Å². The van der Waals surface area contributed by atoms with Gasteiger partial charge in [0.15, 0.2) is 0 Å². The van der Waals surface area contributed by atoms with Gasteiger partial charge < -0.3 is 10.4 Å². The molecule has 1 aromatic heterocycles. The molecule has 1 aromatic rings. The lowest BCUT2D eigenvalue weighted by Crippen LogP contribution is -2.30. The third-order valence-electron chi connectivity index (χ3n) is 3.45. The second-order valence-corrected chi connectivity index (χ2v) is 5.23. The smallest absolute Gasteiger partial charge is 0.134 e. The van der Waals surface area contributed by atoms with E-state index in [2.05, 4.69) is 15.3 Å². The van der Waals surface area contributed by atoms with Gasteiger partial charge in [0.25, 0.3) is 0 Å². The molecule has 4 nitrogen and oxygen atoms in total. The molecule has 2 rings (SSSR count). The summed E-state index contributed by atoms with van der Waals surface area (Å²) in [5.74, 6) is 1.40. The SMILES string of the molecule is Cc1nc(Cl)cc(NCC2(CO)CCCC2)n1. The van der Waals surface area contributed by atoms with Crippen molar-refractivity contribution < 1.29 is 5.11 Å². The molecular formula is C12H18ClN3O.